The van der Waals surface area contributed by atoms with E-state index in [1.165, 1.54) is 0 Å². The van der Waals surface area contributed by atoms with Crippen LogP contribution >= 0.6 is 34.8 Å². The van der Waals surface area contributed by atoms with Crippen LogP contribution in [-0.2, 0) is 14.3 Å². The van der Waals surface area contributed by atoms with E-state index in [4.69, 9.17) is 44.6 Å². The summed E-state index contributed by atoms with van der Waals surface area (Å²) >= 11 is 16.6. The summed E-state index contributed by atoms with van der Waals surface area (Å²) in [6, 6.07) is 7.29. The first-order valence-corrected chi connectivity index (χ1v) is 8.62. The second-order valence-electron chi connectivity index (χ2n) is 5.43. The summed E-state index contributed by atoms with van der Waals surface area (Å²) in [6.45, 7) is 5.34. The van der Waals surface area contributed by atoms with Gasteiger partial charge in [-0.1, -0.05) is 66.8 Å². The van der Waals surface area contributed by atoms with Gasteiger partial charge in [0.2, 0.25) is 3.79 Å². The summed E-state index contributed by atoms with van der Waals surface area (Å²) in [6.07, 6.45) is 0. The largest absolute Gasteiger partial charge is 0.480 e. The van der Waals surface area contributed by atoms with E-state index in [-0.39, 0.29) is 13.2 Å². The molecule has 1 aromatic rings. The summed E-state index contributed by atoms with van der Waals surface area (Å²) in [7, 11) is 0. The standard InChI is InChI=1S/C14H18Cl3NO2.C2H5NO2/c1-9(2)11-6-4-5-7-12(11)18-10(3)13(19)20-8-14(15,16)17;3-1-2(4)5/h4-7,9-10,18H,8H2,1-3H3;1,3H2,(H,4,5)/t10-;/m0./s1. The minimum atomic E-state index is -1.59. The van der Waals surface area contributed by atoms with Crippen LogP contribution in [0, 0.1) is 0 Å². The van der Waals surface area contributed by atoms with E-state index in [1.807, 2.05) is 24.3 Å². The molecule has 6 nitrogen and oxygen atoms in total. The number of anilines is 1. The molecule has 25 heavy (non-hydrogen) atoms. The Morgan fingerprint density at radius 3 is 2.20 bits per heavy atom. The Morgan fingerprint density at radius 1 is 1.24 bits per heavy atom. The van der Waals surface area contributed by atoms with Crippen LogP contribution < -0.4 is 11.1 Å². The van der Waals surface area contributed by atoms with E-state index >= 15 is 0 Å². The Labute approximate surface area is 162 Å². The van der Waals surface area contributed by atoms with Crippen molar-refractivity contribution in [3.63, 3.8) is 0 Å². The zero-order valence-corrected chi connectivity index (χ0v) is 16.5. The number of carbonyl (C=O) groups excluding carboxylic acids is 1. The second-order valence-corrected chi connectivity index (χ2v) is 7.94. The third-order valence-corrected chi connectivity index (χ3v) is 3.19. The van der Waals surface area contributed by atoms with Crippen molar-refractivity contribution in [1.82, 2.24) is 0 Å². The van der Waals surface area contributed by atoms with Gasteiger partial charge in [0, 0.05) is 5.69 Å². The Hall–Kier alpha value is -1.21. The predicted molar refractivity (Wildman–Crippen MR) is 102 cm³/mol. The summed E-state index contributed by atoms with van der Waals surface area (Å²) in [5, 5.41) is 10.7. The maximum absolute atomic E-state index is 11.8. The van der Waals surface area contributed by atoms with Crippen LogP contribution in [0.1, 0.15) is 32.3 Å². The number of nitrogens with two attached hydrogens (primary N) is 1. The molecule has 4 N–H and O–H groups in total. The molecular weight excluding hydrogens is 391 g/mol. The van der Waals surface area contributed by atoms with Crippen LogP contribution in [-0.4, -0.2) is 40.0 Å². The molecule has 0 saturated heterocycles. The highest BCUT2D eigenvalue weighted by Crippen LogP contribution is 2.27. The topological polar surface area (TPSA) is 102 Å². The van der Waals surface area contributed by atoms with Gasteiger partial charge in [-0.15, -0.1) is 0 Å². The minimum absolute atomic E-state index is 0.269. The van der Waals surface area contributed by atoms with Gasteiger partial charge in [0.1, 0.15) is 12.6 Å². The van der Waals surface area contributed by atoms with Crippen molar-refractivity contribution in [2.24, 2.45) is 5.73 Å². The van der Waals surface area contributed by atoms with Crippen molar-refractivity contribution in [3.8, 4) is 0 Å². The smallest absolute Gasteiger partial charge is 0.328 e. The molecule has 0 saturated carbocycles. The average Bonchev–Trinajstić information content (AvgIpc) is 2.52. The van der Waals surface area contributed by atoms with Gasteiger partial charge in [-0.25, -0.2) is 4.79 Å². The van der Waals surface area contributed by atoms with Crippen LogP contribution in [0.4, 0.5) is 5.69 Å². The number of benzene rings is 1. The highest BCUT2D eigenvalue weighted by Gasteiger charge is 2.24. The van der Waals surface area contributed by atoms with Crippen LogP contribution in [0.3, 0.4) is 0 Å². The molecule has 1 aromatic carbocycles. The van der Waals surface area contributed by atoms with Crippen LogP contribution in [0.5, 0.6) is 0 Å². The molecular formula is C16H23Cl3N2O4. The highest BCUT2D eigenvalue weighted by atomic mass is 35.6. The van der Waals surface area contributed by atoms with Crippen LogP contribution in [0.15, 0.2) is 24.3 Å². The first-order valence-electron chi connectivity index (χ1n) is 7.48. The molecule has 0 bridgehead atoms. The molecule has 0 spiro atoms. The minimum Gasteiger partial charge on any atom is -0.480 e. The number of ether oxygens (including phenoxy) is 1. The summed E-state index contributed by atoms with van der Waals surface area (Å²) < 4.78 is 3.35. The zero-order chi connectivity index (χ0) is 19.6. The summed E-state index contributed by atoms with van der Waals surface area (Å²) in [5.41, 5.74) is 6.61. The number of carboxylic acid groups (broad SMARTS) is 1. The van der Waals surface area contributed by atoms with Gasteiger partial charge in [0.15, 0.2) is 0 Å². The normalized spacial score (nSPS) is 12.0. The Balaban J connectivity index is 0.00000101. The second kappa shape index (κ2) is 11.4. The van der Waals surface area contributed by atoms with Crippen LogP contribution in [0.25, 0.3) is 0 Å². The Kier molecular flexibility index (Phi) is 10.9. The van der Waals surface area contributed by atoms with Crippen LogP contribution in [0.2, 0.25) is 0 Å². The van der Waals surface area contributed by atoms with Gasteiger partial charge in [0.25, 0.3) is 0 Å². The van der Waals surface area contributed by atoms with Gasteiger partial charge < -0.3 is 20.9 Å². The molecule has 0 aromatic heterocycles. The molecule has 0 unspecified atom stereocenters. The zero-order valence-electron chi connectivity index (χ0n) is 14.3. The fraction of sp³-hybridized carbons (Fsp3) is 0.500. The number of esters is 1. The SMILES string of the molecule is CC(C)c1ccccc1N[C@@H](C)C(=O)OCC(Cl)(Cl)Cl.NCC(=O)O. The van der Waals surface area contributed by atoms with Crippen molar-refractivity contribution in [2.75, 3.05) is 18.5 Å². The molecule has 0 aliphatic rings. The lowest BCUT2D eigenvalue weighted by molar-refractivity contribution is -0.144. The lowest BCUT2D eigenvalue weighted by Gasteiger charge is -2.19. The molecule has 0 amide bonds. The van der Waals surface area contributed by atoms with Gasteiger partial charge in [-0.2, -0.15) is 0 Å². The number of para-hydroxylation sites is 1. The molecule has 0 heterocycles. The van der Waals surface area contributed by atoms with Crippen molar-refractivity contribution in [3.05, 3.63) is 29.8 Å². The highest BCUT2D eigenvalue weighted by molar-refractivity contribution is 6.67. The first-order chi connectivity index (χ1) is 11.5. The van der Waals surface area contributed by atoms with Crippen molar-refractivity contribution in [2.45, 2.75) is 36.5 Å². The van der Waals surface area contributed by atoms with E-state index in [0.717, 1.165) is 11.3 Å². The molecule has 1 atom stereocenters. The number of rotatable bonds is 6. The van der Waals surface area contributed by atoms with E-state index in [0.29, 0.717) is 5.92 Å². The summed E-state index contributed by atoms with van der Waals surface area (Å²) in [4.78, 5) is 21.1. The van der Waals surface area contributed by atoms with Gasteiger partial charge in [0.05, 0.1) is 6.54 Å². The monoisotopic (exact) mass is 412 g/mol. The molecule has 0 aliphatic heterocycles. The Bertz CT molecular complexity index is 563. The van der Waals surface area contributed by atoms with Crippen molar-refractivity contribution >= 4 is 52.4 Å². The predicted octanol–water partition coefficient (Wildman–Crippen LogP) is 3.55. The molecule has 0 fully saturated rings. The number of carbonyl (C=O) groups is 2. The van der Waals surface area contributed by atoms with Gasteiger partial charge >= 0.3 is 11.9 Å². The van der Waals surface area contributed by atoms with E-state index in [1.54, 1.807) is 6.92 Å². The van der Waals surface area contributed by atoms with Gasteiger partial charge in [-0.05, 0) is 24.5 Å². The number of nitrogens with one attached hydrogen (secondary N) is 1. The number of alkyl halides is 3. The van der Waals surface area contributed by atoms with Crippen molar-refractivity contribution in [1.29, 1.82) is 0 Å². The lowest BCUT2D eigenvalue weighted by atomic mass is 10.0. The molecule has 0 aliphatic carbocycles. The average molecular weight is 414 g/mol. The number of aliphatic carboxylic acids is 1. The fourth-order valence-corrected chi connectivity index (χ4v) is 1.87. The summed E-state index contributed by atoms with van der Waals surface area (Å²) in [5.74, 6) is -1.08. The van der Waals surface area contributed by atoms with E-state index in [2.05, 4.69) is 24.9 Å². The quantitative estimate of drug-likeness (QED) is 0.487. The Morgan fingerprint density at radius 2 is 1.76 bits per heavy atom. The van der Waals surface area contributed by atoms with Crippen molar-refractivity contribution < 1.29 is 19.4 Å². The molecule has 9 heteroatoms. The maximum atomic E-state index is 11.8. The maximum Gasteiger partial charge on any atom is 0.328 e. The third-order valence-electron chi connectivity index (χ3n) is 2.86. The molecule has 1 rings (SSSR count). The third kappa shape index (κ3) is 11.1. The number of hydrogen-bond donors (Lipinski definition) is 3. The molecule has 142 valence electrons. The lowest BCUT2D eigenvalue weighted by Crippen LogP contribution is -2.31. The molecule has 0 radical (unpaired) electrons. The number of carboxylic acids is 1. The van der Waals surface area contributed by atoms with E-state index in [9.17, 15) is 9.59 Å². The number of halogens is 3. The van der Waals surface area contributed by atoms with E-state index < -0.39 is 21.8 Å². The fourth-order valence-electron chi connectivity index (χ4n) is 1.70. The first kappa shape index (κ1) is 23.8. The van der Waals surface area contributed by atoms with Gasteiger partial charge in [-0.3, -0.25) is 4.79 Å². The number of hydrogen-bond acceptors (Lipinski definition) is 5.